The number of thiazole rings is 1. The van der Waals surface area contributed by atoms with Gasteiger partial charge in [-0.1, -0.05) is 23.9 Å². The number of thioether (sulfide) groups is 1. The van der Waals surface area contributed by atoms with Crippen molar-refractivity contribution in [2.24, 2.45) is 0 Å². The number of carbonyl (C=O) groups is 1. The van der Waals surface area contributed by atoms with Crippen LogP contribution in [0.4, 0.5) is 0 Å². The van der Waals surface area contributed by atoms with Gasteiger partial charge in [0.05, 0.1) is 21.7 Å². The van der Waals surface area contributed by atoms with Crippen LogP contribution >= 0.6 is 23.1 Å². The molecule has 0 spiro atoms. The number of ether oxygens (including phenoxy) is 2. The van der Waals surface area contributed by atoms with E-state index in [2.05, 4.69) is 11.1 Å². The van der Waals surface area contributed by atoms with Crippen LogP contribution in [0.5, 0.6) is 5.75 Å². The van der Waals surface area contributed by atoms with Gasteiger partial charge in [0.15, 0.2) is 18.9 Å². The van der Waals surface area contributed by atoms with Gasteiger partial charge in [-0.2, -0.15) is 0 Å². The minimum Gasteiger partial charge on any atom is -0.494 e. The molecule has 0 unspecified atom stereocenters. The molecule has 1 aliphatic heterocycles. The van der Waals surface area contributed by atoms with E-state index < -0.39 is 20.5 Å². The molecule has 0 bridgehead atoms. The number of nitrogens with zero attached hydrogens (tertiary/aromatic N) is 1. The number of benzene rings is 2. The second kappa shape index (κ2) is 10.4. The first-order chi connectivity index (χ1) is 16.0. The van der Waals surface area contributed by atoms with E-state index in [0.717, 1.165) is 22.0 Å². The van der Waals surface area contributed by atoms with E-state index in [1.165, 1.54) is 22.3 Å². The first-order valence-corrected chi connectivity index (χ1v) is 13.7. The van der Waals surface area contributed by atoms with E-state index >= 15 is 0 Å². The molecular weight excluding hydrogens is 484 g/mol. The third-order valence-electron chi connectivity index (χ3n) is 5.52. The molecule has 0 aliphatic carbocycles. The standard InChI is InChI=1S/C22H24N2O6S3/c25-20(24-26)22(10-13-29-14-11-22)33(27,28)17-8-6-16(7-9-17)30-12-3-15-31-21-23-18-4-1-2-5-19(18)32-21/h1-2,4-9,26H,3,10-15H2,(H,24,25). The zero-order valence-electron chi connectivity index (χ0n) is 17.7. The van der Waals surface area contributed by atoms with Crippen molar-refractivity contribution in [2.75, 3.05) is 25.6 Å². The molecule has 11 heteroatoms. The molecule has 4 rings (SSSR count). The van der Waals surface area contributed by atoms with Crippen LogP contribution in [-0.4, -0.2) is 54.8 Å². The number of rotatable bonds is 9. The Labute approximate surface area is 200 Å². The zero-order valence-corrected chi connectivity index (χ0v) is 20.2. The zero-order chi connectivity index (χ0) is 23.3. The van der Waals surface area contributed by atoms with Crippen LogP contribution in [0.15, 0.2) is 57.8 Å². The second-order valence-corrected chi connectivity index (χ2v) is 12.2. The smallest absolute Gasteiger partial charge is 0.265 e. The lowest BCUT2D eigenvalue weighted by atomic mass is 9.98. The number of sulfone groups is 1. The molecule has 176 valence electrons. The maximum Gasteiger partial charge on any atom is 0.265 e. The number of hydroxylamine groups is 1. The van der Waals surface area contributed by atoms with Gasteiger partial charge in [0, 0.05) is 19.0 Å². The Morgan fingerprint density at radius 2 is 1.91 bits per heavy atom. The summed E-state index contributed by atoms with van der Waals surface area (Å²) >= 11 is 3.36. The van der Waals surface area contributed by atoms with Crippen molar-refractivity contribution in [3.8, 4) is 5.75 Å². The predicted octanol–water partition coefficient (Wildman–Crippen LogP) is 3.69. The van der Waals surface area contributed by atoms with Crippen molar-refractivity contribution < 1.29 is 27.9 Å². The van der Waals surface area contributed by atoms with Crippen LogP contribution in [0.1, 0.15) is 19.3 Å². The number of carbonyl (C=O) groups excluding carboxylic acids is 1. The van der Waals surface area contributed by atoms with Crippen molar-refractivity contribution in [2.45, 2.75) is 33.2 Å². The number of para-hydroxylation sites is 1. The Hall–Kier alpha value is -2.18. The summed E-state index contributed by atoms with van der Waals surface area (Å²) < 4.78 is 37.9. The molecule has 8 nitrogen and oxygen atoms in total. The Morgan fingerprint density at radius 1 is 1.18 bits per heavy atom. The molecule has 1 aliphatic rings. The van der Waals surface area contributed by atoms with Crippen molar-refractivity contribution >= 4 is 49.1 Å². The Morgan fingerprint density at radius 3 is 2.61 bits per heavy atom. The highest BCUT2D eigenvalue weighted by Crippen LogP contribution is 2.36. The number of nitrogens with one attached hydrogen (secondary N) is 1. The van der Waals surface area contributed by atoms with Gasteiger partial charge in [-0.3, -0.25) is 10.0 Å². The molecule has 1 saturated heterocycles. The Balaban J connectivity index is 1.32. The number of fused-ring (bicyclic) bond motifs is 1. The van der Waals surface area contributed by atoms with Crippen molar-refractivity contribution in [1.29, 1.82) is 0 Å². The minimum atomic E-state index is -4.04. The van der Waals surface area contributed by atoms with Crippen LogP contribution in [0.3, 0.4) is 0 Å². The van der Waals surface area contributed by atoms with Crippen LogP contribution in [-0.2, 0) is 19.4 Å². The van der Waals surface area contributed by atoms with Gasteiger partial charge < -0.3 is 9.47 Å². The summed E-state index contributed by atoms with van der Waals surface area (Å²) in [4.78, 5) is 16.9. The minimum absolute atomic E-state index is 0.00624. The van der Waals surface area contributed by atoms with E-state index in [-0.39, 0.29) is 31.0 Å². The molecule has 1 aromatic heterocycles. The van der Waals surface area contributed by atoms with Gasteiger partial charge in [-0.25, -0.2) is 18.9 Å². The average Bonchev–Trinajstić information content (AvgIpc) is 3.27. The van der Waals surface area contributed by atoms with Crippen LogP contribution in [0.2, 0.25) is 0 Å². The van der Waals surface area contributed by atoms with Crippen molar-refractivity contribution in [3.63, 3.8) is 0 Å². The number of aromatic nitrogens is 1. The van der Waals surface area contributed by atoms with Crippen LogP contribution in [0, 0.1) is 0 Å². The molecule has 2 N–H and O–H groups in total. The molecule has 2 heterocycles. The van der Waals surface area contributed by atoms with E-state index in [0.29, 0.717) is 12.4 Å². The molecule has 0 atom stereocenters. The average molecular weight is 509 g/mol. The fourth-order valence-electron chi connectivity index (χ4n) is 3.68. The maximum absolute atomic E-state index is 13.2. The highest BCUT2D eigenvalue weighted by atomic mass is 32.2. The summed E-state index contributed by atoms with van der Waals surface area (Å²) in [5.41, 5.74) is 2.53. The van der Waals surface area contributed by atoms with E-state index in [1.54, 1.807) is 35.2 Å². The first-order valence-electron chi connectivity index (χ1n) is 10.4. The Kier molecular flexibility index (Phi) is 7.55. The largest absolute Gasteiger partial charge is 0.494 e. The summed E-state index contributed by atoms with van der Waals surface area (Å²) in [6, 6.07) is 14.1. The molecular formula is C22H24N2O6S3. The summed E-state index contributed by atoms with van der Waals surface area (Å²) in [7, 11) is -4.04. The topological polar surface area (TPSA) is 115 Å². The second-order valence-electron chi connectivity index (χ2n) is 7.52. The lowest BCUT2D eigenvalue weighted by molar-refractivity contribution is -0.134. The molecule has 0 saturated carbocycles. The van der Waals surface area contributed by atoms with Gasteiger partial charge in [-0.05, 0) is 55.7 Å². The maximum atomic E-state index is 13.2. The quantitative estimate of drug-likeness (QED) is 0.195. The summed E-state index contributed by atoms with van der Waals surface area (Å²) in [5, 5.41) is 9.13. The van der Waals surface area contributed by atoms with Crippen LogP contribution < -0.4 is 10.2 Å². The van der Waals surface area contributed by atoms with Gasteiger partial charge >= 0.3 is 0 Å². The molecule has 33 heavy (non-hydrogen) atoms. The monoisotopic (exact) mass is 508 g/mol. The fourth-order valence-corrected chi connectivity index (χ4v) is 7.67. The van der Waals surface area contributed by atoms with Crippen LogP contribution in [0.25, 0.3) is 10.2 Å². The van der Waals surface area contributed by atoms with E-state index in [4.69, 9.17) is 14.7 Å². The SMILES string of the molecule is O=C(NO)C1(S(=O)(=O)c2ccc(OCCCSc3nc4ccccc4s3)cc2)CCOCC1. The highest BCUT2D eigenvalue weighted by Gasteiger charge is 2.52. The van der Waals surface area contributed by atoms with Gasteiger partial charge in [-0.15, -0.1) is 11.3 Å². The van der Waals surface area contributed by atoms with E-state index in [9.17, 15) is 13.2 Å². The third-order valence-corrected chi connectivity index (χ3v) is 10.3. The number of hydrogen-bond acceptors (Lipinski definition) is 9. The highest BCUT2D eigenvalue weighted by molar-refractivity contribution is 8.01. The van der Waals surface area contributed by atoms with Gasteiger partial charge in [0.2, 0.25) is 0 Å². The van der Waals surface area contributed by atoms with Crippen molar-refractivity contribution in [3.05, 3.63) is 48.5 Å². The fraction of sp³-hybridized carbons (Fsp3) is 0.364. The third kappa shape index (κ3) is 5.02. The molecule has 3 aromatic rings. The summed E-state index contributed by atoms with van der Waals surface area (Å²) in [6.07, 6.45) is 0.763. The molecule has 0 radical (unpaired) electrons. The Bertz CT molecular complexity index is 1170. The normalized spacial score (nSPS) is 15.9. The van der Waals surface area contributed by atoms with Gasteiger partial charge in [0.1, 0.15) is 5.75 Å². The van der Waals surface area contributed by atoms with Crippen molar-refractivity contribution in [1.82, 2.24) is 10.5 Å². The first kappa shape index (κ1) is 24.0. The predicted molar refractivity (Wildman–Crippen MR) is 127 cm³/mol. The molecule has 1 amide bonds. The summed E-state index contributed by atoms with van der Waals surface area (Å²) in [5.74, 6) is 0.469. The number of hydrogen-bond donors (Lipinski definition) is 2. The molecule has 1 fully saturated rings. The van der Waals surface area contributed by atoms with Gasteiger partial charge in [0.25, 0.3) is 5.91 Å². The summed E-state index contributed by atoms with van der Waals surface area (Å²) in [6.45, 7) is 0.740. The van der Waals surface area contributed by atoms with E-state index in [1.807, 2.05) is 18.2 Å². The lowest BCUT2D eigenvalue weighted by Gasteiger charge is -2.34. The lowest BCUT2D eigenvalue weighted by Crippen LogP contribution is -2.54. The molecule has 2 aromatic carbocycles. The number of amides is 1.